The van der Waals surface area contributed by atoms with Crippen LogP contribution >= 0.6 is 0 Å². The lowest BCUT2D eigenvalue weighted by Crippen LogP contribution is -2.43. The number of benzene rings is 2. The second-order valence-corrected chi connectivity index (χ2v) is 13.2. The summed E-state index contributed by atoms with van der Waals surface area (Å²) in [6.07, 6.45) is 1.14. The standard InChI is InChI=1S/C29H33NO7S/c1-5-19(38(33,34)20-9-7-6-8-10-20)16-30-12-11-18-13-24-25(36-17-35-24)14-21(18)26-22(30)15-23(31)27(26)37-28(32)29(2,3)4/h6-10,13-14,19,22H,5,11-12,15-17H2,1-4H3/t19-,22+/m1/s1. The van der Waals surface area contributed by atoms with Crippen LogP contribution < -0.4 is 9.47 Å². The Kier molecular flexibility index (Phi) is 6.86. The maximum Gasteiger partial charge on any atom is 0.316 e. The summed E-state index contributed by atoms with van der Waals surface area (Å²) in [6, 6.07) is 11.8. The Morgan fingerprint density at radius 3 is 2.47 bits per heavy atom. The van der Waals surface area contributed by atoms with Gasteiger partial charge in [-0.3, -0.25) is 14.5 Å². The van der Waals surface area contributed by atoms with E-state index < -0.39 is 32.5 Å². The van der Waals surface area contributed by atoms with Gasteiger partial charge in [0.1, 0.15) is 0 Å². The first-order valence-electron chi connectivity index (χ1n) is 13.0. The molecule has 0 saturated carbocycles. The first kappa shape index (κ1) is 26.4. The highest BCUT2D eigenvalue weighted by Crippen LogP contribution is 2.45. The van der Waals surface area contributed by atoms with E-state index in [1.54, 1.807) is 51.1 Å². The number of rotatable bonds is 6. The maximum atomic E-state index is 13.5. The minimum Gasteiger partial charge on any atom is -0.454 e. The molecule has 8 nitrogen and oxygen atoms in total. The number of hydrogen-bond donors (Lipinski definition) is 0. The van der Waals surface area contributed by atoms with E-state index in [0.717, 1.165) is 11.1 Å². The molecule has 0 aromatic heterocycles. The molecular formula is C29H33NO7S. The predicted molar refractivity (Wildman–Crippen MR) is 141 cm³/mol. The van der Waals surface area contributed by atoms with Gasteiger partial charge in [-0.15, -0.1) is 0 Å². The van der Waals surface area contributed by atoms with Crippen molar-refractivity contribution in [3.05, 3.63) is 59.4 Å². The first-order chi connectivity index (χ1) is 18.0. The molecule has 0 spiro atoms. The number of ether oxygens (including phenoxy) is 3. The molecule has 1 aliphatic carbocycles. The van der Waals surface area contributed by atoms with Gasteiger partial charge < -0.3 is 14.2 Å². The quantitative estimate of drug-likeness (QED) is 0.505. The summed E-state index contributed by atoms with van der Waals surface area (Å²) in [6.45, 7) is 7.98. The average Bonchev–Trinajstić information content (AvgIpc) is 3.43. The van der Waals surface area contributed by atoms with Crippen molar-refractivity contribution in [1.29, 1.82) is 0 Å². The van der Waals surface area contributed by atoms with Crippen LogP contribution in [0.4, 0.5) is 0 Å². The molecule has 0 N–H and O–H groups in total. The number of nitrogens with zero attached hydrogens (tertiary/aromatic N) is 1. The number of carbonyl (C=O) groups excluding carboxylic acids is 2. The Balaban J connectivity index is 1.57. The maximum absolute atomic E-state index is 13.5. The van der Waals surface area contributed by atoms with Gasteiger partial charge in [0.05, 0.1) is 15.6 Å². The molecule has 0 fully saturated rings. The summed E-state index contributed by atoms with van der Waals surface area (Å²) < 4.78 is 44.1. The molecule has 0 amide bonds. The summed E-state index contributed by atoms with van der Waals surface area (Å²) in [5, 5.41) is -0.666. The van der Waals surface area contributed by atoms with Crippen LogP contribution in [0.2, 0.25) is 0 Å². The third-order valence-electron chi connectivity index (χ3n) is 7.42. The molecule has 38 heavy (non-hydrogen) atoms. The number of ketones is 1. The van der Waals surface area contributed by atoms with Crippen LogP contribution in [0.15, 0.2) is 53.1 Å². The van der Waals surface area contributed by atoms with E-state index in [-0.39, 0.29) is 36.2 Å². The number of sulfone groups is 1. The highest BCUT2D eigenvalue weighted by molar-refractivity contribution is 7.92. The van der Waals surface area contributed by atoms with E-state index in [2.05, 4.69) is 4.90 Å². The van der Waals surface area contributed by atoms with Gasteiger partial charge in [0.15, 0.2) is 32.9 Å². The van der Waals surface area contributed by atoms with Crippen LogP contribution in [0.3, 0.4) is 0 Å². The molecule has 0 radical (unpaired) electrons. The molecule has 2 aromatic carbocycles. The molecule has 9 heteroatoms. The minimum absolute atomic E-state index is 0.0425. The van der Waals surface area contributed by atoms with Gasteiger partial charge in [-0.05, 0) is 69.0 Å². The lowest BCUT2D eigenvalue weighted by atomic mass is 9.95. The Bertz CT molecular complexity index is 1410. The monoisotopic (exact) mass is 539 g/mol. The fraction of sp³-hybridized carbons (Fsp3) is 0.448. The second kappa shape index (κ2) is 9.85. The summed E-state index contributed by atoms with van der Waals surface area (Å²) in [4.78, 5) is 28.6. The number of Topliss-reactive ketones (excluding diaryl/α,β-unsaturated/α-hetero) is 1. The van der Waals surface area contributed by atoms with Gasteiger partial charge >= 0.3 is 5.97 Å². The molecule has 2 heterocycles. The first-order valence-corrected chi connectivity index (χ1v) is 14.5. The Morgan fingerprint density at radius 2 is 1.82 bits per heavy atom. The largest absolute Gasteiger partial charge is 0.454 e. The van der Waals surface area contributed by atoms with Crippen molar-refractivity contribution in [2.45, 2.75) is 63.1 Å². The minimum atomic E-state index is -3.60. The molecule has 3 aliphatic rings. The van der Waals surface area contributed by atoms with E-state index in [4.69, 9.17) is 14.2 Å². The van der Waals surface area contributed by atoms with Crippen molar-refractivity contribution in [2.24, 2.45) is 5.41 Å². The van der Waals surface area contributed by atoms with Crippen molar-refractivity contribution < 1.29 is 32.2 Å². The van der Waals surface area contributed by atoms with E-state index in [1.807, 2.05) is 19.1 Å². The smallest absolute Gasteiger partial charge is 0.316 e. The van der Waals surface area contributed by atoms with E-state index >= 15 is 0 Å². The number of hydrogen-bond acceptors (Lipinski definition) is 8. The summed E-state index contributed by atoms with van der Waals surface area (Å²) in [5.74, 6) is 0.482. The Labute approximate surface area is 223 Å². The molecule has 2 aromatic rings. The third kappa shape index (κ3) is 4.73. The van der Waals surface area contributed by atoms with Crippen LogP contribution in [-0.4, -0.2) is 56.2 Å². The molecule has 2 atom stereocenters. The topological polar surface area (TPSA) is 99.2 Å². The number of allylic oxidation sites excluding steroid dienone is 1. The number of esters is 1. The molecule has 0 unspecified atom stereocenters. The van der Waals surface area contributed by atoms with Crippen LogP contribution in [-0.2, 0) is 30.6 Å². The number of fused-ring (bicyclic) bond motifs is 4. The van der Waals surface area contributed by atoms with E-state index in [9.17, 15) is 18.0 Å². The Hall–Kier alpha value is -3.17. The van der Waals surface area contributed by atoms with Crippen molar-refractivity contribution >= 4 is 27.2 Å². The molecule has 0 saturated heterocycles. The van der Waals surface area contributed by atoms with Crippen LogP contribution in [0.1, 0.15) is 51.7 Å². The Morgan fingerprint density at radius 1 is 1.13 bits per heavy atom. The zero-order valence-electron chi connectivity index (χ0n) is 22.2. The molecular weight excluding hydrogens is 506 g/mol. The molecule has 2 aliphatic heterocycles. The molecule has 5 rings (SSSR count). The van der Waals surface area contributed by atoms with Crippen molar-refractivity contribution in [3.63, 3.8) is 0 Å². The normalized spacial score (nSPS) is 20.1. The highest BCUT2D eigenvalue weighted by atomic mass is 32.2. The van der Waals surface area contributed by atoms with Gasteiger partial charge in [-0.2, -0.15) is 0 Å². The van der Waals surface area contributed by atoms with Gasteiger partial charge in [0.25, 0.3) is 0 Å². The summed E-state index contributed by atoms with van der Waals surface area (Å²) in [5.41, 5.74) is 1.54. The SMILES string of the molecule is CC[C@H](CN1CCc2cc3c(cc2C2=C(OC(=O)C(C)(C)C)C(=O)C[C@@H]21)OCO3)S(=O)(=O)c1ccccc1. The van der Waals surface area contributed by atoms with Crippen LogP contribution in [0.5, 0.6) is 11.5 Å². The highest BCUT2D eigenvalue weighted by Gasteiger charge is 2.44. The average molecular weight is 540 g/mol. The van der Waals surface area contributed by atoms with Gasteiger partial charge in [-0.1, -0.05) is 25.1 Å². The van der Waals surface area contributed by atoms with E-state index in [0.29, 0.717) is 36.5 Å². The van der Waals surface area contributed by atoms with Crippen molar-refractivity contribution in [1.82, 2.24) is 4.90 Å². The van der Waals surface area contributed by atoms with Gasteiger partial charge in [0.2, 0.25) is 6.79 Å². The fourth-order valence-electron chi connectivity index (χ4n) is 5.23. The van der Waals surface area contributed by atoms with E-state index in [1.165, 1.54) is 0 Å². The third-order valence-corrected chi connectivity index (χ3v) is 9.71. The summed E-state index contributed by atoms with van der Waals surface area (Å²) >= 11 is 0. The molecule has 202 valence electrons. The zero-order chi connectivity index (χ0) is 27.2. The second-order valence-electron chi connectivity index (χ2n) is 11.0. The fourth-order valence-corrected chi connectivity index (χ4v) is 6.98. The van der Waals surface area contributed by atoms with Crippen LogP contribution in [0, 0.1) is 5.41 Å². The molecule has 0 bridgehead atoms. The predicted octanol–water partition coefficient (Wildman–Crippen LogP) is 4.17. The van der Waals surface area contributed by atoms with Crippen molar-refractivity contribution in [2.75, 3.05) is 19.9 Å². The lowest BCUT2D eigenvalue weighted by molar-refractivity contribution is -0.150. The summed E-state index contributed by atoms with van der Waals surface area (Å²) in [7, 11) is -3.60. The lowest BCUT2D eigenvalue weighted by Gasteiger charge is -2.31. The van der Waals surface area contributed by atoms with Gasteiger partial charge in [-0.25, -0.2) is 8.42 Å². The number of carbonyl (C=O) groups is 2. The van der Waals surface area contributed by atoms with Gasteiger partial charge in [0, 0.05) is 31.1 Å². The van der Waals surface area contributed by atoms with Crippen LogP contribution in [0.25, 0.3) is 5.57 Å². The zero-order valence-corrected chi connectivity index (χ0v) is 23.0. The van der Waals surface area contributed by atoms with Crippen molar-refractivity contribution in [3.8, 4) is 11.5 Å².